The molecule has 3 aromatic rings. The monoisotopic (exact) mass is 544 g/mol. The summed E-state index contributed by atoms with van der Waals surface area (Å²) >= 11 is 0. The van der Waals surface area contributed by atoms with E-state index in [0.717, 1.165) is 48.9 Å². The smallest absolute Gasteiger partial charge is 0.406 e. The van der Waals surface area contributed by atoms with E-state index in [1.165, 1.54) is 18.5 Å². The number of oxime groups is 1. The van der Waals surface area contributed by atoms with Crippen molar-refractivity contribution < 1.29 is 27.5 Å². The van der Waals surface area contributed by atoms with Crippen molar-refractivity contribution in [2.75, 3.05) is 13.7 Å². The van der Waals surface area contributed by atoms with Crippen molar-refractivity contribution in [3.05, 3.63) is 78.4 Å². The molecule has 1 heterocycles. The minimum absolute atomic E-state index is 0.0624. The van der Waals surface area contributed by atoms with Crippen LogP contribution in [0.15, 0.2) is 72.4 Å². The highest BCUT2D eigenvalue weighted by molar-refractivity contribution is 5.92. The lowest BCUT2D eigenvalue weighted by atomic mass is 9.62. The Morgan fingerprint density at radius 2 is 1.85 bits per heavy atom. The predicted molar refractivity (Wildman–Crippen MR) is 141 cm³/mol. The molecule has 0 aliphatic heterocycles. The zero-order valence-electron chi connectivity index (χ0n) is 22.3. The van der Waals surface area contributed by atoms with Crippen LogP contribution in [0.3, 0.4) is 0 Å². The summed E-state index contributed by atoms with van der Waals surface area (Å²) in [5.41, 5.74) is 2.88. The fourth-order valence-corrected chi connectivity index (χ4v) is 5.41. The summed E-state index contributed by atoms with van der Waals surface area (Å²) in [6.07, 6.45) is 2.82. The van der Waals surface area contributed by atoms with Crippen molar-refractivity contribution in [1.82, 2.24) is 14.8 Å². The Balaban J connectivity index is 1.44. The maximum absolute atomic E-state index is 12.5. The minimum Gasteiger partial charge on any atom is -0.406 e. The van der Waals surface area contributed by atoms with Gasteiger partial charge in [0.05, 0.1) is 18.9 Å². The van der Waals surface area contributed by atoms with E-state index in [-0.39, 0.29) is 23.0 Å². The molecule has 1 fully saturated rings. The Morgan fingerprint density at radius 3 is 2.51 bits per heavy atom. The van der Waals surface area contributed by atoms with Crippen LogP contribution >= 0.6 is 0 Å². The molecule has 0 radical (unpaired) electrons. The number of aryl methyl sites for hydroxylation is 1. The second-order valence-corrected chi connectivity index (χ2v) is 10.3. The molecule has 39 heavy (non-hydrogen) atoms. The van der Waals surface area contributed by atoms with Crippen molar-refractivity contribution in [2.24, 2.45) is 22.4 Å². The van der Waals surface area contributed by atoms with Crippen LogP contribution in [0.2, 0.25) is 0 Å². The van der Waals surface area contributed by atoms with Crippen LogP contribution < -0.4 is 4.74 Å². The van der Waals surface area contributed by atoms with E-state index in [9.17, 15) is 13.2 Å². The summed E-state index contributed by atoms with van der Waals surface area (Å²) in [5.74, 6) is 0.132. The van der Waals surface area contributed by atoms with Crippen LogP contribution in [0.25, 0.3) is 0 Å². The van der Waals surface area contributed by atoms with Gasteiger partial charge in [0.15, 0.2) is 0 Å². The van der Waals surface area contributed by atoms with E-state index >= 15 is 0 Å². The molecule has 0 saturated heterocycles. The molecule has 0 amide bonds. The third-order valence-corrected chi connectivity index (χ3v) is 7.52. The van der Waals surface area contributed by atoms with Gasteiger partial charge >= 0.3 is 6.36 Å². The fraction of sp³-hybridized carbons (Fsp3) is 0.483. The lowest BCUT2D eigenvalue weighted by Crippen LogP contribution is -2.45. The summed E-state index contributed by atoms with van der Waals surface area (Å²) in [6, 6.07) is 16.2. The molecule has 1 aliphatic carbocycles. The first-order valence-electron chi connectivity index (χ1n) is 13.2. The number of ether oxygens (including phenoxy) is 2. The average Bonchev–Trinajstić information content (AvgIpc) is 3.42. The van der Waals surface area contributed by atoms with Crippen molar-refractivity contribution in [2.45, 2.75) is 58.5 Å². The van der Waals surface area contributed by atoms with Gasteiger partial charge in [-0.1, -0.05) is 54.5 Å². The number of nitrogens with zero attached hydrogens (tertiary/aromatic N) is 4. The third-order valence-electron chi connectivity index (χ3n) is 7.52. The molecule has 7 nitrogen and oxygen atoms in total. The van der Waals surface area contributed by atoms with E-state index in [1.807, 2.05) is 22.9 Å². The highest BCUT2D eigenvalue weighted by Crippen LogP contribution is 2.45. The number of hydrogen-bond donors (Lipinski definition) is 0. The maximum atomic E-state index is 12.5. The Labute approximate surface area is 227 Å². The highest BCUT2D eigenvalue weighted by Gasteiger charge is 2.44. The van der Waals surface area contributed by atoms with Crippen molar-refractivity contribution in [3.8, 4) is 5.75 Å². The Morgan fingerprint density at radius 1 is 1.08 bits per heavy atom. The van der Waals surface area contributed by atoms with Crippen molar-refractivity contribution >= 4 is 5.71 Å². The van der Waals surface area contributed by atoms with Crippen LogP contribution in [0.4, 0.5) is 13.2 Å². The lowest BCUT2D eigenvalue weighted by molar-refractivity contribution is -0.274. The van der Waals surface area contributed by atoms with Gasteiger partial charge in [0.25, 0.3) is 0 Å². The van der Waals surface area contributed by atoms with Crippen LogP contribution in [0, 0.1) is 17.3 Å². The van der Waals surface area contributed by atoms with Gasteiger partial charge in [-0.2, -0.15) is 5.10 Å². The number of hydrogen-bond acceptors (Lipinski definition) is 6. The van der Waals surface area contributed by atoms with Gasteiger partial charge in [-0.25, -0.2) is 4.98 Å². The SMILES string of the molecule is CON=C1[C@@H](Cn2cncn2)[C@H](CCc2ccc(OC(F)(F)F)cc2)CC[C@@]1(C)CCOCc1ccccc1. The van der Waals surface area contributed by atoms with Crippen LogP contribution in [-0.2, 0) is 29.1 Å². The first-order chi connectivity index (χ1) is 18.8. The van der Waals surface area contributed by atoms with Gasteiger partial charge in [0, 0.05) is 17.9 Å². The molecule has 2 aromatic carbocycles. The first kappa shape index (κ1) is 28.6. The normalized spacial score (nSPS) is 22.6. The number of halogens is 3. The van der Waals surface area contributed by atoms with Gasteiger partial charge in [0.2, 0.25) is 0 Å². The Hall–Kier alpha value is -3.40. The standard InChI is InChI=1S/C29H35F3N4O3/c1-28(16-17-38-19-23-6-4-3-5-7-23)15-14-24(26(27(28)35-37-2)18-36-21-33-20-34-36)11-8-22-9-12-25(13-10-22)39-29(30,31)32/h3-7,9-10,12-13,20-21,24,26H,8,11,14-19H2,1-2H3/t24-,26+,28+/m1/s1. The zero-order chi connectivity index (χ0) is 27.7. The zero-order valence-corrected chi connectivity index (χ0v) is 22.3. The summed E-state index contributed by atoms with van der Waals surface area (Å²) in [4.78, 5) is 9.47. The average molecular weight is 545 g/mol. The molecule has 1 aromatic heterocycles. The Kier molecular flexibility index (Phi) is 9.61. The molecular weight excluding hydrogens is 509 g/mol. The molecule has 0 spiro atoms. The molecule has 3 atom stereocenters. The largest absolute Gasteiger partial charge is 0.573 e. The number of alkyl halides is 3. The van der Waals surface area contributed by atoms with Gasteiger partial charge in [0.1, 0.15) is 25.5 Å². The van der Waals surface area contributed by atoms with E-state index in [2.05, 4.69) is 39.0 Å². The molecule has 1 saturated carbocycles. The van der Waals surface area contributed by atoms with Gasteiger partial charge in [-0.3, -0.25) is 4.68 Å². The number of benzene rings is 2. The molecule has 1 aliphatic rings. The van der Waals surface area contributed by atoms with Gasteiger partial charge < -0.3 is 14.3 Å². The van der Waals surface area contributed by atoms with E-state index in [4.69, 9.17) is 9.57 Å². The fourth-order valence-electron chi connectivity index (χ4n) is 5.41. The van der Waals surface area contributed by atoms with Crippen molar-refractivity contribution in [3.63, 3.8) is 0 Å². The third kappa shape index (κ3) is 8.29. The number of aromatic nitrogens is 3. The molecule has 10 heteroatoms. The van der Waals surface area contributed by atoms with E-state index < -0.39 is 6.36 Å². The van der Waals surface area contributed by atoms with Crippen molar-refractivity contribution in [1.29, 1.82) is 0 Å². The van der Waals surface area contributed by atoms with E-state index in [1.54, 1.807) is 25.6 Å². The predicted octanol–water partition coefficient (Wildman–Crippen LogP) is 6.45. The first-order valence-corrected chi connectivity index (χ1v) is 13.2. The molecular formula is C29H35F3N4O3. The van der Waals surface area contributed by atoms with Gasteiger partial charge in [-0.05, 0) is 61.3 Å². The maximum Gasteiger partial charge on any atom is 0.573 e. The van der Waals surface area contributed by atoms with Crippen LogP contribution in [-0.4, -0.2) is 40.6 Å². The lowest BCUT2D eigenvalue weighted by Gasteiger charge is -2.44. The number of rotatable bonds is 12. The topological polar surface area (TPSA) is 70.8 Å². The summed E-state index contributed by atoms with van der Waals surface area (Å²) in [5, 5.41) is 8.90. The van der Waals surface area contributed by atoms with E-state index in [0.29, 0.717) is 19.8 Å². The summed E-state index contributed by atoms with van der Waals surface area (Å²) < 4.78 is 49.4. The second kappa shape index (κ2) is 13.1. The molecule has 0 N–H and O–H groups in total. The molecule has 210 valence electrons. The van der Waals surface area contributed by atoms with Gasteiger partial charge in [-0.15, -0.1) is 13.2 Å². The minimum atomic E-state index is -4.70. The van der Waals surface area contributed by atoms with Crippen LogP contribution in [0.1, 0.15) is 43.7 Å². The second-order valence-electron chi connectivity index (χ2n) is 10.3. The summed E-state index contributed by atoms with van der Waals surface area (Å²) in [6.45, 7) is 4.00. The molecule has 0 bridgehead atoms. The molecule has 4 rings (SSSR count). The van der Waals surface area contributed by atoms with Crippen LogP contribution in [0.5, 0.6) is 5.75 Å². The highest BCUT2D eigenvalue weighted by atomic mass is 19.4. The summed E-state index contributed by atoms with van der Waals surface area (Å²) in [7, 11) is 1.57. The Bertz CT molecular complexity index is 1170. The molecule has 0 unspecified atom stereocenters. The quantitative estimate of drug-likeness (QED) is 0.194.